The van der Waals surface area contributed by atoms with Crippen molar-refractivity contribution in [3.05, 3.63) is 64.0 Å². The van der Waals surface area contributed by atoms with E-state index in [1.807, 2.05) is 0 Å². The quantitative estimate of drug-likeness (QED) is 0.631. The van der Waals surface area contributed by atoms with E-state index in [-0.39, 0.29) is 15.6 Å². The van der Waals surface area contributed by atoms with Crippen molar-refractivity contribution < 1.29 is 23.1 Å². The van der Waals surface area contributed by atoms with E-state index < -0.39 is 29.6 Å². The van der Waals surface area contributed by atoms with Gasteiger partial charge in [-0.3, -0.25) is 4.79 Å². The number of fused-ring (bicyclic) bond motifs is 1. The second-order valence-corrected chi connectivity index (χ2v) is 6.83. The van der Waals surface area contributed by atoms with Gasteiger partial charge in [-0.05, 0) is 37.3 Å². The molecule has 0 saturated carbocycles. The van der Waals surface area contributed by atoms with Crippen LogP contribution < -0.4 is 5.32 Å². The molecular formula is C18H12ClF2NO3S. The van der Waals surface area contributed by atoms with Crippen LogP contribution in [-0.4, -0.2) is 18.0 Å². The van der Waals surface area contributed by atoms with Gasteiger partial charge in [-0.15, -0.1) is 11.3 Å². The number of rotatable bonds is 4. The zero-order valence-electron chi connectivity index (χ0n) is 13.4. The molecule has 0 unspecified atom stereocenters. The number of carbonyl (C=O) groups is 2. The minimum Gasteiger partial charge on any atom is -0.448 e. The summed E-state index contributed by atoms with van der Waals surface area (Å²) in [6, 6.07) is 9.60. The molecule has 0 saturated heterocycles. The molecule has 2 aromatic carbocycles. The minimum atomic E-state index is -1.18. The molecule has 0 radical (unpaired) electrons. The third-order valence-electron chi connectivity index (χ3n) is 3.56. The molecule has 1 aromatic heterocycles. The molecule has 8 heteroatoms. The molecule has 0 aliphatic carbocycles. The molecule has 1 amide bonds. The third kappa shape index (κ3) is 3.68. The molecule has 0 spiro atoms. The van der Waals surface area contributed by atoms with Crippen LogP contribution in [0.25, 0.3) is 10.1 Å². The Morgan fingerprint density at radius 3 is 2.65 bits per heavy atom. The SMILES string of the molecule is C[C@@H](OC(=O)c1sc2cc(F)ccc2c1Cl)C(=O)Nc1ccccc1F. The largest absolute Gasteiger partial charge is 0.448 e. The van der Waals surface area contributed by atoms with Crippen molar-refractivity contribution in [3.8, 4) is 0 Å². The number of halogens is 3. The number of amides is 1. The first kappa shape index (κ1) is 18.3. The molecule has 134 valence electrons. The summed E-state index contributed by atoms with van der Waals surface area (Å²) >= 11 is 7.12. The normalized spacial score (nSPS) is 12.0. The molecule has 1 atom stereocenters. The van der Waals surface area contributed by atoms with Crippen LogP contribution in [-0.2, 0) is 9.53 Å². The molecule has 1 N–H and O–H groups in total. The summed E-state index contributed by atoms with van der Waals surface area (Å²) in [7, 11) is 0. The van der Waals surface area contributed by atoms with Crippen LogP contribution >= 0.6 is 22.9 Å². The van der Waals surface area contributed by atoms with Gasteiger partial charge in [0.1, 0.15) is 16.5 Å². The summed E-state index contributed by atoms with van der Waals surface area (Å²) < 4.78 is 32.5. The Bertz CT molecular complexity index is 1010. The Morgan fingerprint density at radius 1 is 1.19 bits per heavy atom. The van der Waals surface area contributed by atoms with Gasteiger partial charge in [0.25, 0.3) is 5.91 Å². The molecule has 0 fully saturated rings. The highest BCUT2D eigenvalue weighted by atomic mass is 35.5. The van der Waals surface area contributed by atoms with Gasteiger partial charge in [0.05, 0.1) is 10.7 Å². The fraction of sp³-hybridized carbons (Fsp3) is 0.111. The molecular weight excluding hydrogens is 384 g/mol. The van der Waals surface area contributed by atoms with Crippen molar-refractivity contribution in [2.24, 2.45) is 0 Å². The van der Waals surface area contributed by atoms with Gasteiger partial charge in [0.15, 0.2) is 6.10 Å². The lowest BCUT2D eigenvalue weighted by Gasteiger charge is -2.13. The summed E-state index contributed by atoms with van der Waals surface area (Å²) in [6.07, 6.45) is -1.18. The summed E-state index contributed by atoms with van der Waals surface area (Å²) in [4.78, 5) is 24.5. The van der Waals surface area contributed by atoms with Crippen molar-refractivity contribution in [2.45, 2.75) is 13.0 Å². The number of esters is 1. The molecule has 3 aromatic rings. The summed E-state index contributed by atoms with van der Waals surface area (Å²) in [5.74, 6) is -2.55. The highest BCUT2D eigenvalue weighted by molar-refractivity contribution is 7.21. The van der Waals surface area contributed by atoms with E-state index in [2.05, 4.69) is 5.32 Å². The fourth-order valence-corrected chi connectivity index (χ4v) is 3.65. The van der Waals surface area contributed by atoms with E-state index in [4.69, 9.17) is 16.3 Å². The predicted octanol–water partition coefficient (Wildman–Crippen LogP) is 5.02. The first-order chi connectivity index (χ1) is 12.4. The number of thiophene rings is 1. The van der Waals surface area contributed by atoms with Crippen molar-refractivity contribution in [2.75, 3.05) is 5.32 Å². The van der Waals surface area contributed by atoms with Crippen molar-refractivity contribution in [1.29, 1.82) is 0 Å². The number of para-hydroxylation sites is 1. The van der Waals surface area contributed by atoms with Gasteiger partial charge in [0.2, 0.25) is 0 Å². The Hall–Kier alpha value is -2.51. The van der Waals surface area contributed by atoms with Gasteiger partial charge in [0, 0.05) is 10.1 Å². The molecule has 0 bridgehead atoms. The van der Waals surface area contributed by atoms with Gasteiger partial charge in [-0.1, -0.05) is 23.7 Å². The maximum Gasteiger partial charge on any atom is 0.350 e. The summed E-state index contributed by atoms with van der Waals surface area (Å²) in [5, 5.41) is 3.00. The van der Waals surface area contributed by atoms with Gasteiger partial charge < -0.3 is 10.1 Å². The zero-order valence-corrected chi connectivity index (χ0v) is 15.0. The molecule has 0 aliphatic rings. The van der Waals surface area contributed by atoms with Crippen molar-refractivity contribution in [3.63, 3.8) is 0 Å². The van der Waals surface area contributed by atoms with E-state index >= 15 is 0 Å². The van der Waals surface area contributed by atoms with Crippen molar-refractivity contribution in [1.82, 2.24) is 0 Å². The molecule has 1 heterocycles. The fourth-order valence-electron chi connectivity index (χ4n) is 2.23. The van der Waals surface area contributed by atoms with Crippen LogP contribution in [0.5, 0.6) is 0 Å². The molecule has 0 aliphatic heterocycles. The van der Waals surface area contributed by atoms with Gasteiger partial charge in [-0.25, -0.2) is 13.6 Å². The zero-order chi connectivity index (χ0) is 18.8. The van der Waals surface area contributed by atoms with Crippen LogP contribution in [0.1, 0.15) is 16.6 Å². The summed E-state index contributed by atoms with van der Waals surface area (Å²) in [5.41, 5.74) is -0.0178. The highest BCUT2D eigenvalue weighted by Crippen LogP contribution is 2.36. The number of hydrogen-bond acceptors (Lipinski definition) is 4. The Morgan fingerprint density at radius 2 is 1.92 bits per heavy atom. The van der Waals surface area contributed by atoms with Gasteiger partial charge in [-0.2, -0.15) is 0 Å². The number of ether oxygens (including phenoxy) is 1. The summed E-state index contributed by atoms with van der Waals surface area (Å²) in [6.45, 7) is 1.36. The maximum absolute atomic E-state index is 13.6. The third-order valence-corrected chi connectivity index (χ3v) is 5.20. The second-order valence-electron chi connectivity index (χ2n) is 5.40. The average Bonchev–Trinajstić information content (AvgIpc) is 2.93. The second kappa shape index (κ2) is 7.39. The lowest BCUT2D eigenvalue weighted by atomic mass is 10.2. The highest BCUT2D eigenvalue weighted by Gasteiger charge is 2.24. The number of anilines is 1. The topological polar surface area (TPSA) is 55.4 Å². The average molecular weight is 396 g/mol. The number of benzene rings is 2. The monoisotopic (exact) mass is 395 g/mol. The van der Waals surface area contributed by atoms with Gasteiger partial charge >= 0.3 is 5.97 Å². The lowest BCUT2D eigenvalue weighted by Crippen LogP contribution is -2.30. The van der Waals surface area contributed by atoms with E-state index in [0.29, 0.717) is 10.1 Å². The lowest BCUT2D eigenvalue weighted by molar-refractivity contribution is -0.123. The predicted molar refractivity (Wildman–Crippen MR) is 96.7 cm³/mol. The van der Waals surface area contributed by atoms with E-state index in [1.165, 1.54) is 43.3 Å². The standard InChI is InChI=1S/C18H12ClF2NO3S/c1-9(17(23)22-13-5-3-2-4-12(13)21)25-18(24)16-15(19)11-7-6-10(20)8-14(11)26-16/h2-9H,1H3,(H,22,23)/t9-/m1/s1. The van der Waals surface area contributed by atoms with Crippen LogP contribution in [0, 0.1) is 11.6 Å². The van der Waals surface area contributed by atoms with E-state index in [0.717, 1.165) is 11.3 Å². The van der Waals surface area contributed by atoms with Crippen molar-refractivity contribution >= 4 is 50.6 Å². The minimum absolute atomic E-state index is 0.0178. The smallest absolute Gasteiger partial charge is 0.350 e. The number of carbonyl (C=O) groups excluding carboxylic acids is 2. The Labute approximate surface area is 156 Å². The number of nitrogens with one attached hydrogen (secondary N) is 1. The van der Waals surface area contributed by atoms with E-state index in [1.54, 1.807) is 6.07 Å². The van der Waals surface area contributed by atoms with Crippen LogP contribution in [0.3, 0.4) is 0 Å². The maximum atomic E-state index is 13.6. The van der Waals surface area contributed by atoms with E-state index in [9.17, 15) is 18.4 Å². The van der Waals surface area contributed by atoms with Crippen LogP contribution in [0.15, 0.2) is 42.5 Å². The first-order valence-electron chi connectivity index (χ1n) is 7.50. The molecule has 3 rings (SSSR count). The Kier molecular flexibility index (Phi) is 5.20. The van der Waals surface area contributed by atoms with Crippen LogP contribution in [0.4, 0.5) is 14.5 Å². The number of hydrogen-bond donors (Lipinski definition) is 1. The first-order valence-corrected chi connectivity index (χ1v) is 8.70. The Balaban J connectivity index is 1.74. The molecule has 26 heavy (non-hydrogen) atoms. The molecule has 4 nitrogen and oxygen atoms in total. The van der Waals surface area contributed by atoms with Crippen LogP contribution in [0.2, 0.25) is 5.02 Å².